The Morgan fingerprint density at radius 2 is 2.08 bits per heavy atom. The van der Waals surface area contributed by atoms with Gasteiger partial charge in [-0.2, -0.15) is 10.1 Å². The van der Waals surface area contributed by atoms with Crippen LogP contribution in [-0.2, 0) is 11.3 Å². The van der Waals surface area contributed by atoms with Crippen LogP contribution in [-0.4, -0.2) is 62.0 Å². The molecule has 2 aliphatic rings. The van der Waals surface area contributed by atoms with Gasteiger partial charge < -0.3 is 9.80 Å². The number of piperazine rings is 1. The van der Waals surface area contributed by atoms with Gasteiger partial charge in [-0.1, -0.05) is 24.2 Å². The van der Waals surface area contributed by atoms with E-state index in [1.807, 2.05) is 25.3 Å². The summed E-state index contributed by atoms with van der Waals surface area (Å²) in [7, 11) is 0. The van der Waals surface area contributed by atoms with Crippen LogP contribution >= 0.6 is 23.4 Å². The van der Waals surface area contributed by atoms with Gasteiger partial charge in [0.05, 0.1) is 22.3 Å². The first-order valence-corrected chi connectivity index (χ1v) is 13.3. The topological polar surface area (TPSA) is 87.1 Å². The number of nitrogens with zero attached hydrogens (tertiary/aromatic N) is 5. The smallest absolute Gasteiger partial charge is 0.350 e. The molecule has 1 saturated heterocycles. The number of rotatable bonds is 3. The molecule has 6 rings (SSSR count). The maximum atomic E-state index is 13.3. The van der Waals surface area contributed by atoms with Gasteiger partial charge >= 0.3 is 5.69 Å². The number of anilines is 1. The average Bonchev–Trinajstić information content (AvgIpc) is 3.35. The third kappa shape index (κ3) is 3.44. The van der Waals surface area contributed by atoms with Crippen LogP contribution in [0.15, 0.2) is 46.7 Å². The highest BCUT2D eigenvalue weighted by atomic mass is 35.5. The molecule has 36 heavy (non-hydrogen) atoms. The van der Waals surface area contributed by atoms with Crippen LogP contribution in [0.5, 0.6) is 0 Å². The molecule has 2 aromatic carbocycles. The normalized spacial score (nSPS) is 17.7. The van der Waals surface area contributed by atoms with Crippen molar-refractivity contribution in [3.05, 3.63) is 58.1 Å². The van der Waals surface area contributed by atoms with E-state index in [9.17, 15) is 9.59 Å². The Bertz CT molecular complexity index is 1630. The number of hydrogen-bond acceptors (Lipinski definition) is 6. The summed E-state index contributed by atoms with van der Waals surface area (Å²) in [6.07, 6.45) is 3.17. The van der Waals surface area contributed by atoms with Gasteiger partial charge in [0, 0.05) is 59.2 Å². The minimum absolute atomic E-state index is 0.0204. The summed E-state index contributed by atoms with van der Waals surface area (Å²) < 4.78 is 1.78. The van der Waals surface area contributed by atoms with Gasteiger partial charge in [-0.05, 0) is 43.2 Å². The monoisotopic (exact) mass is 520 g/mol. The van der Waals surface area contributed by atoms with E-state index in [0.29, 0.717) is 37.0 Å². The number of benzene rings is 2. The maximum absolute atomic E-state index is 13.3. The zero-order valence-electron chi connectivity index (χ0n) is 20.0. The third-order valence-electron chi connectivity index (χ3n) is 7.18. The predicted octanol–water partition coefficient (Wildman–Crippen LogP) is 4.23. The van der Waals surface area contributed by atoms with Gasteiger partial charge in [0.15, 0.2) is 0 Å². The number of carbonyl (C=O) groups excluding carboxylic acids is 1. The highest BCUT2D eigenvalue weighted by molar-refractivity contribution is 7.99. The third-order valence-corrected chi connectivity index (χ3v) is 8.55. The van der Waals surface area contributed by atoms with Crippen molar-refractivity contribution in [3.63, 3.8) is 0 Å². The fourth-order valence-electron chi connectivity index (χ4n) is 5.46. The molecule has 0 radical (unpaired) electrons. The van der Waals surface area contributed by atoms with E-state index in [4.69, 9.17) is 11.6 Å². The van der Waals surface area contributed by atoms with Crippen LogP contribution in [0.4, 0.5) is 5.82 Å². The van der Waals surface area contributed by atoms with Crippen molar-refractivity contribution in [3.8, 4) is 11.1 Å². The molecular formula is C26H25ClN6O2S. The second-order valence-electron chi connectivity index (χ2n) is 9.30. The lowest BCUT2D eigenvalue weighted by Crippen LogP contribution is -2.54. The summed E-state index contributed by atoms with van der Waals surface area (Å²) in [6, 6.07) is 6.01. The van der Waals surface area contributed by atoms with Crippen molar-refractivity contribution in [2.24, 2.45) is 0 Å². The second-order valence-corrected chi connectivity index (χ2v) is 10.8. The first kappa shape index (κ1) is 23.1. The number of nitrogens with one attached hydrogen (secondary N) is 1. The molecule has 1 fully saturated rings. The van der Waals surface area contributed by atoms with Gasteiger partial charge in [-0.3, -0.25) is 14.5 Å². The lowest BCUT2D eigenvalue weighted by molar-refractivity contribution is -0.126. The lowest BCUT2D eigenvalue weighted by atomic mass is 9.95. The van der Waals surface area contributed by atoms with E-state index in [0.717, 1.165) is 49.1 Å². The molecular weight excluding hydrogens is 496 g/mol. The van der Waals surface area contributed by atoms with Crippen molar-refractivity contribution in [2.75, 3.05) is 30.3 Å². The SMILES string of the molecule is C=CC(=O)N1CCN(c2nc(=O)n3c4c(c(-c5c(C)ccc6[nH]ncc56)c(Cl)cc24)SCC3)[C@@H](C)C1. The summed E-state index contributed by atoms with van der Waals surface area (Å²) in [6.45, 7) is 9.95. The number of fused-ring (bicyclic) bond motifs is 1. The van der Waals surface area contributed by atoms with Crippen LogP contribution in [0.25, 0.3) is 32.9 Å². The quantitative estimate of drug-likeness (QED) is 0.407. The molecule has 184 valence electrons. The number of carbonyl (C=O) groups is 1. The largest absolute Gasteiger partial charge is 0.350 e. The molecule has 10 heteroatoms. The van der Waals surface area contributed by atoms with Crippen LogP contribution in [0.3, 0.4) is 0 Å². The van der Waals surface area contributed by atoms with E-state index in [1.165, 1.54) is 6.08 Å². The second kappa shape index (κ2) is 8.67. The Morgan fingerprint density at radius 1 is 1.25 bits per heavy atom. The standard InChI is InChI=1S/C26H25ClN6O2S/c1-4-20(34)31-7-8-32(15(3)13-31)25-16-11-18(27)22(21-14(2)5-6-19-17(21)12-28-30-19)24-23(16)33(9-10-36-24)26(35)29-25/h4-6,11-12,15H,1,7-10,13H2,2-3H3,(H,28,30)/t15-/m0/s1. The molecule has 1 amide bonds. The summed E-state index contributed by atoms with van der Waals surface area (Å²) in [5, 5.41) is 9.77. The molecule has 1 atom stereocenters. The Balaban J connectivity index is 1.59. The minimum Gasteiger partial charge on any atom is -0.350 e. The molecule has 8 nitrogen and oxygen atoms in total. The number of H-pyrrole nitrogens is 1. The number of amides is 1. The number of halogens is 1. The molecule has 0 aliphatic carbocycles. The van der Waals surface area contributed by atoms with E-state index in [2.05, 4.69) is 39.7 Å². The van der Waals surface area contributed by atoms with Gasteiger partial charge in [0.2, 0.25) is 5.91 Å². The molecule has 0 spiro atoms. The van der Waals surface area contributed by atoms with Gasteiger partial charge in [0.25, 0.3) is 0 Å². The van der Waals surface area contributed by atoms with E-state index in [1.54, 1.807) is 21.2 Å². The van der Waals surface area contributed by atoms with E-state index in [-0.39, 0.29) is 17.6 Å². The first-order valence-electron chi connectivity index (χ1n) is 11.9. The molecule has 2 aliphatic heterocycles. The molecule has 0 saturated carbocycles. The fourth-order valence-corrected chi connectivity index (χ4v) is 7.01. The molecule has 2 aromatic heterocycles. The van der Waals surface area contributed by atoms with Gasteiger partial charge in [-0.15, -0.1) is 11.8 Å². The van der Waals surface area contributed by atoms with Crippen molar-refractivity contribution in [2.45, 2.75) is 31.3 Å². The Kier molecular flexibility index (Phi) is 5.57. The Labute approximate surface area is 216 Å². The van der Waals surface area contributed by atoms with E-state index >= 15 is 0 Å². The summed E-state index contributed by atoms with van der Waals surface area (Å²) in [5.41, 5.74) is 4.60. The van der Waals surface area contributed by atoms with Crippen molar-refractivity contribution in [1.82, 2.24) is 24.6 Å². The van der Waals surface area contributed by atoms with Crippen LogP contribution in [0.1, 0.15) is 12.5 Å². The fraction of sp³-hybridized carbons (Fsp3) is 0.308. The van der Waals surface area contributed by atoms with Crippen LogP contribution < -0.4 is 10.6 Å². The number of hydrogen-bond donors (Lipinski definition) is 1. The minimum atomic E-state index is -0.262. The van der Waals surface area contributed by atoms with Gasteiger partial charge in [0.1, 0.15) is 5.82 Å². The maximum Gasteiger partial charge on any atom is 0.350 e. The van der Waals surface area contributed by atoms with Gasteiger partial charge in [-0.25, -0.2) is 4.79 Å². The van der Waals surface area contributed by atoms with Crippen molar-refractivity contribution < 1.29 is 4.79 Å². The summed E-state index contributed by atoms with van der Waals surface area (Å²) in [4.78, 5) is 34.9. The molecule has 0 bridgehead atoms. The van der Waals surface area contributed by atoms with Crippen LogP contribution in [0.2, 0.25) is 5.02 Å². The summed E-state index contributed by atoms with van der Waals surface area (Å²) >= 11 is 8.79. The Hall–Kier alpha value is -3.30. The lowest BCUT2D eigenvalue weighted by Gasteiger charge is -2.40. The highest BCUT2D eigenvalue weighted by Crippen LogP contribution is 2.48. The zero-order valence-corrected chi connectivity index (χ0v) is 21.6. The van der Waals surface area contributed by atoms with Crippen LogP contribution in [0, 0.1) is 6.92 Å². The Morgan fingerprint density at radius 3 is 2.86 bits per heavy atom. The molecule has 0 unspecified atom stereocenters. The zero-order chi connectivity index (χ0) is 25.1. The average molecular weight is 521 g/mol. The number of thioether (sulfide) groups is 1. The molecule has 1 N–H and O–H groups in total. The first-order chi connectivity index (χ1) is 17.4. The number of aryl methyl sites for hydroxylation is 2. The van der Waals surface area contributed by atoms with Crippen molar-refractivity contribution >= 4 is 56.9 Å². The molecule has 4 aromatic rings. The van der Waals surface area contributed by atoms with Crippen molar-refractivity contribution in [1.29, 1.82) is 0 Å². The number of aromatic nitrogens is 4. The van der Waals surface area contributed by atoms with E-state index < -0.39 is 0 Å². The molecule has 4 heterocycles. The highest BCUT2D eigenvalue weighted by Gasteiger charge is 2.31. The number of aromatic amines is 1. The summed E-state index contributed by atoms with van der Waals surface area (Å²) in [5.74, 6) is 1.30. The predicted molar refractivity (Wildman–Crippen MR) is 145 cm³/mol.